The van der Waals surface area contributed by atoms with Gasteiger partial charge < -0.3 is 9.84 Å². The molecule has 0 bridgehead atoms. The van der Waals surface area contributed by atoms with Crippen LogP contribution in [0.3, 0.4) is 0 Å². The van der Waals surface area contributed by atoms with Gasteiger partial charge in [0.2, 0.25) is 0 Å². The van der Waals surface area contributed by atoms with Crippen molar-refractivity contribution in [2.75, 3.05) is 7.11 Å². The molecule has 0 aromatic carbocycles. The molecule has 0 radical (unpaired) electrons. The van der Waals surface area contributed by atoms with E-state index in [4.69, 9.17) is 5.11 Å². The van der Waals surface area contributed by atoms with Gasteiger partial charge in [-0.3, -0.25) is 9.59 Å². The molecule has 0 amide bonds. The zero-order chi connectivity index (χ0) is 8.43. The van der Waals surface area contributed by atoms with E-state index in [9.17, 15) is 9.59 Å². The molecule has 0 heterocycles. The molecule has 0 aliphatic heterocycles. The third kappa shape index (κ3) is 1.57. The number of hydrogen-bond acceptors (Lipinski definition) is 4. The van der Waals surface area contributed by atoms with Gasteiger partial charge in [0.1, 0.15) is 6.10 Å². The van der Waals surface area contributed by atoms with Gasteiger partial charge in [-0.1, -0.05) is 0 Å². The average Bonchev–Trinajstić information content (AvgIpc) is 2.31. The first-order valence-corrected chi connectivity index (χ1v) is 3.43. The predicted octanol–water partition coefficient (Wildman–Crippen LogP) is -0.501. The predicted molar refractivity (Wildman–Crippen MR) is 35.8 cm³/mol. The van der Waals surface area contributed by atoms with Crippen LogP contribution < -0.4 is 0 Å². The molecule has 0 saturated heterocycles. The first kappa shape index (κ1) is 8.20. The Labute approximate surface area is 64.2 Å². The largest absolute Gasteiger partial charge is 0.469 e. The summed E-state index contributed by atoms with van der Waals surface area (Å²) in [5.74, 6) is -1.10. The molecule has 2 atom stereocenters. The molecule has 1 fully saturated rings. The normalized spacial score (nSPS) is 30.5. The van der Waals surface area contributed by atoms with Crippen molar-refractivity contribution in [1.82, 2.24) is 0 Å². The minimum atomic E-state index is -0.959. The molecule has 1 rings (SSSR count). The Morgan fingerprint density at radius 2 is 2.36 bits per heavy atom. The molecule has 0 aromatic heterocycles. The van der Waals surface area contributed by atoms with Gasteiger partial charge >= 0.3 is 5.97 Å². The number of aliphatic hydroxyl groups is 1. The Morgan fingerprint density at radius 3 is 2.73 bits per heavy atom. The summed E-state index contributed by atoms with van der Waals surface area (Å²) in [4.78, 5) is 21.6. The summed E-state index contributed by atoms with van der Waals surface area (Å²) >= 11 is 0. The topological polar surface area (TPSA) is 63.6 Å². The van der Waals surface area contributed by atoms with Crippen molar-refractivity contribution >= 4 is 11.8 Å². The maximum Gasteiger partial charge on any atom is 0.309 e. The van der Waals surface area contributed by atoms with Gasteiger partial charge in [-0.25, -0.2) is 0 Å². The molecule has 11 heavy (non-hydrogen) atoms. The van der Waals surface area contributed by atoms with Crippen molar-refractivity contribution in [2.45, 2.75) is 18.9 Å². The highest BCUT2D eigenvalue weighted by Gasteiger charge is 2.35. The zero-order valence-corrected chi connectivity index (χ0v) is 6.24. The molecule has 0 spiro atoms. The van der Waals surface area contributed by atoms with Gasteiger partial charge in [-0.15, -0.1) is 0 Å². The van der Waals surface area contributed by atoms with Gasteiger partial charge in [0.05, 0.1) is 13.0 Å². The second-order valence-corrected chi connectivity index (χ2v) is 2.64. The number of carbonyl (C=O) groups excluding carboxylic acids is 2. The minimum absolute atomic E-state index is 0.119. The second-order valence-electron chi connectivity index (χ2n) is 2.64. The van der Waals surface area contributed by atoms with E-state index < -0.39 is 18.0 Å². The first-order valence-electron chi connectivity index (χ1n) is 3.43. The summed E-state index contributed by atoms with van der Waals surface area (Å²) in [6.45, 7) is 0. The van der Waals surface area contributed by atoms with Crippen LogP contribution in [-0.4, -0.2) is 30.1 Å². The van der Waals surface area contributed by atoms with Gasteiger partial charge in [-0.2, -0.15) is 0 Å². The van der Waals surface area contributed by atoms with E-state index in [1.54, 1.807) is 0 Å². The molecule has 0 aromatic rings. The maximum absolute atomic E-state index is 10.8. The Bertz CT molecular complexity index is 187. The molecule has 4 nitrogen and oxygen atoms in total. The second kappa shape index (κ2) is 3.00. The first-order chi connectivity index (χ1) is 5.15. The van der Waals surface area contributed by atoms with Crippen molar-refractivity contribution in [1.29, 1.82) is 0 Å². The van der Waals surface area contributed by atoms with Crippen LogP contribution in [0.25, 0.3) is 0 Å². The Balaban J connectivity index is 2.53. The van der Waals surface area contributed by atoms with Crippen LogP contribution in [0.15, 0.2) is 0 Å². The van der Waals surface area contributed by atoms with Crippen molar-refractivity contribution in [2.24, 2.45) is 5.92 Å². The van der Waals surface area contributed by atoms with Gasteiger partial charge in [0.25, 0.3) is 0 Å². The fourth-order valence-corrected chi connectivity index (χ4v) is 1.21. The van der Waals surface area contributed by atoms with E-state index in [0.29, 0.717) is 0 Å². The number of methoxy groups -OCH3 is 1. The number of rotatable bonds is 1. The Hall–Kier alpha value is -0.900. The fourth-order valence-electron chi connectivity index (χ4n) is 1.21. The summed E-state index contributed by atoms with van der Waals surface area (Å²) in [5, 5.41) is 8.96. The highest BCUT2D eigenvalue weighted by Crippen LogP contribution is 2.23. The van der Waals surface area contributed by atoms with E-state index in [0.717, 1.165) is 0 Å². The third-order valence-corrected chi connectivity index (χ3v) is 1.86. The molecule has 1 aliphatic carbocycles. The fraction of sp³-hybridized carbons (Fsp3) is 0.714. The van der Waals surface area contributed by atoms with Crippen LogP contribution in [0.5, 0.6) is 0 Å². The molecule has 1 aliphatic rings. The van der Waals surface area contributed by atoms with Gasteiger partial charge in [0, 0.05) is 6.42 Å². The summed E-state index contributed by atoms with van der Waals surface area (Å²) < 4.78 is 4.43. The number of esters is 1. The van der Waals surface area contributed by atoms with E-state index in [1.165, 1.54) is 7.11 Å². The zero-order valence-electron chi connectivity index (χ0n) is 6.24. The van der Waals surface area contributed by atoms with Crippen LogP contribution in [0.2, 0.25) is 0 Å². The van der Waals surface area contributed by atoms with E-state index in [1.807, 2.05) is 0 Å². The molecule has 0 unspecified atom stereocenters. The summed E-state index contributed by atoms with van der Waals surface area (Å²) in [5.41, 5.74) is 0. The lowest BCUT2D eigenvalue weighted by Crippen LogP contribution is -2.13. The summed E-state index contributed by atoms with van der Waals surface area (Å²) in [6.07, 6.45) is -0.626. The number of aliphatic hydroxyl groups excluding tert-OH is 1. The van der Waals surface area contributed by atoms with Crippen molar-refractivity contribution in [3.63, 3.8) is 0 Å². The number of Topliss-reactive ketones (excluding diaryl/α,β-unsaturated/α-hetero) is 1. The van der Waals surface area contributed by atoms with Crippen molar-refractivity contribution in [3.05, 3.63) is 0 Å². The SMILES string of the molecule is COC(=O)[C@H]1CC(=O)[C@@H](O)C1. The van der Waals surface area contributed by atoms with Crippen molar-refractivity contribution in [3.8, 4) is 0 Å². The van der Waals surface area contributed by atoms with E-state index >= 15 is 0 Å². The molecule has 62 valence electrons. The van der Waals surface area contributed by atoms with Gasteiger partial charge in [0.15, 0.2) is 5.78 Å². The van der Waals surface area contributed by atoms with Crippen LogP contribution >= 0.6 is 0 Å². The average molecular weight is 158 g/mol. The highest BCUT2D eigenvalue weighted by atomic mass is 16.5. The van der Waals surface area contributed by atoms with E-state index in [2.05, 4.69) is 4.74 Å². The number of ketones is 1. The molecular formula is C7H10O4. The highest BCUT2D eigenvalue weighted by molar-refractivity contribution is 5.91. The number of ether oxygens (including phenoxy) is 1. The third-order valence-electron chi connectivity index (χ3n) is 1.86. The minimum Gasteiger partial charge on any atom is -0.469 e. The van der Waals surface area contributed by atoms with Crippen molar-refractivity contribution < 1.29 is 19.4 Å². The lowest BCUT2D eigenvalue weighted by Gasteiger charge is -2.03. The number of hydrogen-bond donors (Lipinski definition) is 1. The lowest BCUT2D eigenvalue weighted by molar-refractivity contribution is -0.145. The molecule has 1 saturated carbocycles. The Morgan fingerprint density at radius 1 is 1.73 bits per heavy atom. The molecule has 1 N–H and O–H groups in total. The van der Waals surface area contributed by atoms with Crippen LogP contribution in [0.4, 0.5) is 0 Å². The monoisotopic (exact) mass is 158 g/mol. The standard InChI is InChI=1S/C7H10O4/c1-11-7(10)4-2-5(8)6(9)3-4/h4-5,8H,2-3H2,1H3/t4-,5+/m1/s1. The molecular weight excluding hydrogens is 148 g/mol. The van der Waals surface area contributed by atoms with E-state index in [-0.39, 0.29) is 18.6 Å². The quantitative estimate of drug-likeness (QED) is 0.522. The van der Waals surface area contributed by atoms with Gasteiger partial charge in [-0.05, 0) is 6.42 Å². The van der Waals surface area contributed by atoms with Crippen LogP contribution in [-0.2, 0) is 14.3 Å². The smallest absolute Gasteiger partial charge is 0.309 e. The van der Waals surface area contributed by atoms with Crippen LogP contribution in [0, 0.1) is 5.92 Å². The number of carbonyl (C=O) groups is 2. The summed E-state index contributed by atoms with van der Waals surface area (Å²) in [7, 11) is 1.28. The lowest BCUT2D eigenvalue weighted by atomic mass is 10.1. The molecule has 4 heteroatoms. The Kier molecular flexibility index (Phi) is 2.24. The summed E-state index contributed by atoms with van der Waals surface area (Å²) in [6, 6.07) is 0. The maximum atomic E-state index is 10.8. The van der Waals surface area contributed by atoms with Crippen LogP contribution in [0.1, 0.15) is 12.8 Å².